The molecular weight excluding hydrogens is 248 g/mol. The lowest BCUT2D eigenvalue weighted by molar-refractivity contribution is 0.133. The molecule has 3 N–H and O–H groups in total. The molecule has 18 heavy (non-hydrogen) atoms. The molecule has 96 valence electrons. The highest BCUT2D eigenvalue weighted by Crippen LogP contribution is 2.39. The van der Waals surface area contributed by atoms with Crippen molar-refractivity contribution in [2.45, 2.75) is 18.9 Å². The first kappa shape index (κ1) is 11.8. The number of aliphatic hydroxyl groups excluding tert-OH is 1. The Morgan fingerprint density at radius 1 is 1.44 bits per heavy atom. The number of nitrogens with two attached hydrogens (primary N) is 1. The van der Waals surface area contributed by atoms with Crippen LogP contribution >= 0.6 is 12.2 Å². The molecule has 1 saturated carbocycles. The van der Waals surface area contributed by atoms with Gasteiger partial charge in [-0.05, 0) is 24.8 Å². The normalized spacial score (nSPS) is 30.5. The van der Waals surface area contributed by atoms with Gasteiger partial charge in [0.2, 0.25) is 0 Å². The van der Waals surface area contributed by atoms with Crippen LogP contribution in [0.5, 0.6) is 0 Å². The number of hydrogen-bond donors (Lipinski definition) is 2. The molecule has 1 aromatic heterocycles. The average Bonchev–Trinajstić information content (AvgIpc) is 2.92. The molecule has 0 radical (unpaired) electrons. The van der Waals surface area contributed by atoms with E-state index in [1.807, 2.05) is 0 Å². The lowest BCUT2D eigenvalue weighted by Gasteiger charge is -2.20. The summed E-state index contributed by atoms with van der Waals surface area (Å²) in [4.78, 5) is 2.50. The highest BCUT2D eigenvalue weighted by atomic mass is 32.1. The van der Waals surface area contributed by atoms with E-state index in [2.05, 4.69) is 15.1 Å². The number of hydrogen-bond acceptors (Lipinski definition) is 5. The molecule has 6 heteroatoms. The largest absolute Gasteiger partial charge is 0.393 e. The van der Waals surface area contributed by atoms with Crippen LogP contribution in [0.3, 0.4) is 0 Å². The van der Waals surface area contributed by atoms with Crippen molar-refractivity contribution in [3.05, 3.63) is 17.8 Å². The van der Waals surface area contributed by atoms with Crippen molar-refractivity contribution in [2.75, 3.05) is 18.0 Å². The molecule has 0 aromatic carbocycles. The van der Waals surface area contributed by atoms with Gasteiger partial charge in [0.15, 0.2) is 5.82 Å². The maximum atomic E-state index is 9.93. The number of fused-ring (bicyclic) bond motifs is 1. The van der Waals surface area contributed by atoms with Crippen LogP contribution < -0.4 is 10.6 Å². The van der Waals surface area contributed by atoms with E-state index >= 15 is 0 Å². The van der Waals surface area contributed by atoms with Gasteiger partial charge in [0.1, 0.15) is 4.99 Å². The zero-order chi connectivity index (χ0) is 12.7. The third-order valence-electron chi connectivity index (χ3n) is 4.09. The molecule has 3 unspecified atom stereocenters. The summed E-state index contributed by atoms with van der Waals surface area (Å²) in [5.41, 5.74) is 6.49. The van der Waals surface area contributed by atoms with Gasteiger partial charge in [0.25, 0.3) is 0 Å². The van der Waals surface area contributed by atoms with E-state index in [1.54, 1.807) is 12.3 Å². The highest BCUT2D eigenvalue weighted by molar-refractivity contribution is 7.80. The van der Waals surface area contributed by atoms with Gasteiger partial charge in [-0.2, -0.15) is 5.10 Å². The smallest absolute Gasteiger partial charge is 0.161 e. The number of rotatable bonds is 2. The maximum Gasteiger partial charge on any atom is 0.161 e. The van der Waals surface area contributed by atoms with Crippen molar-refractivity contribution in [3.8, 4) is 0 Å². The second-order valence-corrected chi connectivity index (χ2v) is 5.55. The first-order valence-electron chi connectivity index (χ1n) is 6.21. The Bertz CT molecular complexity index is 481. The Hall–Kier alpha value is -1.27. The van der Waals surface area contributed by atoms with E-state index in [1.165, 1.54) is 0 Å². The zero-order valence-corrected chi connectivity index (χ0v) is 10.8. The second-order valence-electron chi connectivity index (χ2n) is 5.11. The van der Waals surface area contributed by atoms with Gasteiger partial charge in [-0.15, -0.1) is 5.10 Å². The van der Waals surface area contributed by atoms with Gasteiger partial charge >= 0.3 is 0 Å². The molecule has 2 heterocycles. The Labute approximate surface area is 111 Å². The van der Waals surface area contributed by atoms with E-state index in [4.69, 9.17) is 18.0 Å². The van der Waals surface area contributed by atoms with Crippen LogP contribution in [-0.4, -0.2) is 39.5 Å². The number of anilines is 1. The lowest BCUT2D eigenvalue weighted by Crippen LogP contribution is -2.28. The third-order valence-corrected chi connectivity index (χ3v) is 4.31. The molecule has 1 aliphatic carbocycles. The van der Waals surface area contributed by atoms with Crippen LogP contribution in [0, 0.1) is 11.8 Å². The van der Waals surface area contributed by atoms with E-state index in [0.29, 0.717) is 16.8 Å². The van der Waals surface area contributed by atoms with Gasteiger partial charge in [0, 0.05) is 19.0 Å². The number of aliphatic hydroxyl groups is 1. The van der Waals surface area contributed by atoms with Gasteiger partial charge in [0.05, 0.1) is 17.9 Å². The molecule has 1 saturated heterocycles. The third kappa shape index (κ3) is 1.85. The molecule has 2 aliphatic rings. The molecule has 2 fully saturated rings. The van der Waals surface area contributed by atoms with E-state index < -0.39 is 0 Å². The summed E-state index contributed by atoms with van der Waals surface area (Å²) in [6, 6.07) is 1.80. The van der Waals surface area contributed by atoms with Gasteiger partial charge < -0.3 is 15.7 Å². The predicted molar refractivity (Wildman–Crippen MR) is 72.4 cm³/mol. The molecule has 1 aromatic rings. The Morgan fingerprint density at radius 3 is 3.00 bits per heavy atom. The molecule has 0 amide bonds. The van der Waals surface area contributed by atoms with Crippen molar-refractivity contribution < 1.29 is 5.11 Å². The minimum Gasteiger partial charge on any atom is -0.393 e. The molecule has 0 bridgehead atoms. The maximum absolute atomic E-state index is 9.93. The quantitative estimate of drug-likeness (QED) is 0.749. The van der Waals surface area contributed by atoms with Crippen LogP contribution in [0.1, 0.15) is 18.4 Å². The summed E-state index contributed by atoms with van der Waals surface area (Å²) in [6.07, 6.45) is 3.44. The standard InChI is InChI=1S/C12H16N4OS/c13-11(18)8-3-4-14-15-12(8)16-5-7-1-2-10(17)9(7)6-16/h3-4,7,9-10,17H,1-2,5-6H2,(H2,13,18). The fourth-order valence-corrected chi connectivity index (χ4v) is 3.32. The lowest BCUT2D eigenvalue weighted by atomic mass is 10.00. The summed E-state index contributed by atoms with van der Waals surface area (Å²) in [5.74, 6) is 1.67. The van der Waals surface area contributed by atoms with Crippen LogP contribution in [0.15, 0.2) is 12.3 Å². The Morgan fingerprint density at radius 2 is 2.28 bits per heavy atom. The van der Waals surface area contributed by atoms with Crippen LogP contribution in [0.4, 0.5) is 5.82 Å². The number of thiocarbonyl (C=S) groups is 1. The fourth-order valence-electron chi connectivity index (χ4n) is 3.16. The van der Waals surface area contributed by atoms with Crippen molar-refractivity contribution in [1.82, 2.24) is 10.2 Å². The highest BCUT2D eigenvalue weighted by Gasteiger charge is 2.42. The first-order chi connectivity index (χ1) is 8.66. The molecular formula is C12H16N4OS. The molecule has 5 nitrogen and oxygen atoms in total. The van der Waals surface area contributed by atoms with Crippen LogP contribution in [-0.2, 0) is 0 Å². The topological polar surface area (TPSA) is 75.3 Å². The van der Waals surface area contributed by atoms with E-state index in [0.717, 1.165) is 37.3 Å². The van der Waals surface area contributed by atoms with Crippen molar-refractivity contribution in [3.63, 3.8) is 0 Å². The molecule has 3 atom stereocenters. The summed E-state index contributed by atoms with van der Waals surface area (Å²) in [5, 5.41) is 18.0. The second kappa shape index (κ2) is 4.44. The summed E-state index contributed by atoms with van der Waals surface area (Å²) >= 11 is 5.04. The summed E-state index contributed by atoms with van der Waals surface area (Å²) < 4.78 is 0. The Kier molecular flexibility index (Phi) is 2.91. The predicted octanol–water partition coefficient (Wildman–Crippen LogP) is 0.318. The molecule has 3 rings (SSSR count). The van der Waals surface area contributed by atoms with Crippen LogP contribution in [0.25, 0.3) is 0 Å². The van der Waals surface area contributed by atoms with Crippen molar-refractivity contribution in [2.24, 2.45) is 17.6 Å². The van der Waals surface area contributed by atoms with E-state index in [9.17, 15) is 5.11 Å². The number of aromatic nitrogens is 2. The van der Waals surface area contributed by atoms with E-state index in [-0.39, 0.29) is 6.10 Å². The van der Waals surface area contributed by atoms with Gasteiger partial charge in [-0.1, -0.05) is 12.2 Å². The summed E-state index contributed by atoms with van der Waals surface area (Å²) in [7, 11) is 0. The van der Waals surface area contributed by atoms with Crippen LogP contribution in [0.2, 0.25) is 0 Å². The molecule has 1 aliphatic heterocycles. The minimum absolute atomic E-state index is 0.176. The van der Waals surface area contributed by atoms with Gasteiger partial charge in [-0.3, -0.25) is 0 Å². The SMILES string of the molecule is NC(=S)c1ccnnc1N1CC2CCC(O)C2C1. The number of nitrogens with zero attached hydrogens (tertiary/aromatic N) is 3. The minimum atomic E-state index is -0.176. The first-order valence-corrected chi connectivity index (χ1v) is 6.62. The van der Waals surface area contributed by atoms with Crippen molar-refractivity contribution in [1.29, 1.82) is 0 Å². The zero-order valence-electron chi connectivity index (χ0n) is 9.99. The summed E-state index contributed by atoms with van der Waals surface area (Å²) in [6.45, 7) is 1.73. The monoisotopic (exact) mass is 264 g/mol. The van der Waals surface area contributed by atoms with Gasteiger partial charge in [-0.25, -0.2) is 0 Å². The molecule has 0 spiro atoms. The average molecular weight is 264 g/mol. The Balaban J connectivity index is 1.87. The fraction of sp³-hybridized carbons (Fsp3) is 0.583. The van der Waals surface area contributed by atoms with Crippen molar-refractivity contribution >= 4 is 23.0 Å².